The second-order valence-corrected chi connectivity index (χ2v) is 6.00. The Balaban J connectivity index is 2.33. The van der Waals surface area contributed by atoms with Crippen LogP contribution in [0.3, 0.4) is 0 Å². The molecule has 0 aliphatic carbocycles. The van der Waals surface area contributed by atoms with E-state index in [1.165, 1.54) is 18.2 Å². The van der Waals surface area contributed by atoms with Gasteiger partial charge in [-0.25, -0.2) is 9.37 Å². The minimum absolute atomic E-state index is 0.183. The first kappa shape index (κ1) is 16.7. The van der Waals surface area contributed by atoms with Crippen molar-refractivity contribution in [2.75, 3.05) is 0 Å². The number of rotatable bonds is 4. The standard InChI is InChI=1S/C21H18FN3/c1-15(2)20-19(9-6-14-23)25(18-12-10-17(22)11-13-18)21(24-20)16-7-4-3-5-8-16/h3-13,15H,1-2H3/b9-6+. The molecule has 0 N–H and O–H groups in total. The van der Waals surface area contributed by atoms with E-state index >= 15 is 0 Å². The molecule has 0 atom stereocenters. The van der Waals surface area contributed by atoms with Gasteiger partial charge in [0.15, 0.2) is 0 Å². The molecule has 0 aliphatic heterocycles. The first-order valence-electron chi connectivity index (χ1n) is 8.12. The van der Waals surface area contributed by atoms with Crippen LogP contribution < -0.4 is 0 Å². The topological polar surface area (TPSA) is 41.6 Å². The summed E-state index contributed by atoms with van der Waals surface area (Å²) in [5.74, 6) is 0.666. The number of aromatic nitrogens is 2. The van der Waals surface area contributed by atoms with Gasteiger partial charge in [0.2, 0.25) is 0 Å². The molecule has 4 heteroatoms. The van der Waals surface area contributed by atoms with Gasteiger partial charge in [-0.05, 0) is 36.3 Å². The zero-order valence-corrected chi connectivity index (χ0v) is 14.1. The summed E-state index contributed by atoms with van der Waals surface area (Å²) in [6.45, 7) is 4.13. The number of nitriles is 1. The molecule has 25 heavy (non-hydrogen) atoms. The smallest absolute Gasteiger partial charge is 0.145 e. The van der Waals surface area contributed by atoms with E-state index in [2.05, 4.69) is 13.8 Å². The fourth-order valence-electron chi connectivity index (χ4n) is 2.78. The molecule has 3 aromatic rings. The fraction of sp³-hybridized carbons (Fsp3) is 0.143. The summed E-state index contributed by atoms with van der Waals surface area (Å²) < 4.78 is 15.4. The lowest BCUT2D eigenvalue weighted by atomic mass is 10.1. The molecule has 0 fully saturated rings. The molecule has 3 nitrogen and oxygen atoms in total. The second kappa shape index (κ2) is 7.14. The number of hydrogen-bond acceptors (Lipinski definition) is 2. The van der Waals surface area contributed by atoms with Gasteiger partial charge in [-0.15, -0.1) is 0 Å². The van der Waals surface area contributed by atoms with Gasteiger partial charge in [0.25, 0.3) is 0 Å². The molecule has 124 valence electrons. The Kier molecular flexibility index (Phi) is 4.76. The largest absolute Gasteiger partial charge is 0.293 e. The van der Waals surface area contributed by atoms with Crippen LogP contribution in [-0.4, -0.2) is 9.55 Å². The van der Waals surface area contributed by atoms with Gasteiger partial charge < -0.3 is 0 Å². The second-order valence-electron chi connectivity index (χ2n) is 6.00. The SMILES string of the molecule is CC(C)c1nc(-c2ccccc2)n(-c2ccc(F)cc2)c1/C=C/C#N. The Bertz CT molecular complexity index is 930. The van der Waals surface area contributed by atoms with E-state index in [1.54, 1.807) is 18.2 Å². The summed E-state index contributed by atoms with van der Waals surface area (Å²) in [6, 6.07) is 18.2. The molecule has 0 unspecified atom stereocenters. The van der Waals surface area contributed by atoms with Gasteiger partial charge in [0.05, 0.1) is 17.5 Å². The molecule has 0 aliphatic rings. The van der Waals surface area contributed by atoms with E-state index in [0.29, 0.717) is 0 Å². The highest BCUT2D eigenvalue weighted by molar-refractivity contribution is 5.66. The van der Waals surface area contributed by atoms with Crippen LogP contribution in [0.2, 0.25) is 0 Å². The van der Waals surface area contributed by atoms with Crippen LogP contribution in [-0.2, 0) is 0 Å². The quantitative estimate of drug-likeness (QED) is 0.606. The third kappa shape index (κ3) is 3.36. The predicted molar refractivity (Wildman–Crippen MR) is 97.7 cm³/mol. The maximum Gasteiger partial charge on any atom is 0.145 e. The van der Waals surface area contributed by atoms with Gasteiger partial charge in [0.1, 0.15) is 11.6 Å². The summed E-state index contributed by atoms with van der Waals surface area (Å²) in [6.07, 6.45) is 3.20. The van der Waals surface area contributed by atoms with Crippen molar-refractivity contribution in [2.24, 2.45) is 0 Å². The summed E-state index contributed by atoms with van der Waals surface area (Å²) in [5, 5.41) is 8.96. The molecule has 0 spiro atoms. The molecule has 0 amide bonds. The number of nitrogens with zero attached hydrogens (tertiary/aromatic N) is 3. The summed E-state index contributed by atoms with van der Waals surface area (Å²) in [5.41, 5.74) is 3.50. The minimum Gasteiger partial charge on any atom is -0.293 e. The molecular weight excluding hydrogens is 313 g/mol. The fourth-order valence-corrected chi connectivity index (χ4v) is 2.78. The molecular formula is C21H18FN3. The zero-order valence-electron chi connectivity index (χ0n) is 14.1. The van der Waals surface area contributed by atoms with Crippen molar-refractivity contribution >= 4 is 6.08 Å². The highest BCUT2D eigenvalue weighted by Gasteiger charge is 2.20. The number of allylic oxidation sites excluding steroid dienone is 1. The van der Waals surface area contributed by atoms with E-state index in [4.69, 9.17) is 10.2 Å². The molecule has 0 radical (unpaired) electrons. The van der Waals surface area contributed by atoms with E-state index in [9.17, 15) is 4.39 Å². The van der Waals surface area contributed by atoms with Gasteiger partial charge in [-0.1, -0.05) is 44.2 Å². The van der Waals surface area contributed by atoms with E-state index in [1.807, 2.05) is 41.0 Å². The summed E-state index contributed by atoms with van der Waals surface area (Å²) in [4.78, 5) is 4.84. The molecule has 0 bridgehead atoms. The Labute approximate surface area is 146 Å². The normalized spacial score (nSPS) is 11.2. The first-order valence-corrected chi connectivity index (χ1v) is 8.12. The maximum absolute atomic E-state index is 13.4. The Morgan fingerprint density at radius 1 is 1.08 bits per heavy atom. The van der Waals surface area contributed by atoms with Gasteiger partial charge in [-0.2, -0.15) is 5.26 Å². The van der Waals surface area contributed by atoms with Crippen molar-refractivity contribution < 1.29 is 4.39 Å². The number of hydrogen-bond donors (Lipinski definition) is 0. The van der Waals surface area contributed by atoms with Crippen molar-refractivity contribution in [1.82, 2.24) is 9.55 Å². The van der Waals surface area contributed by atoms with Crippen LogP contribution in [0.5, 0.6) is 0 Å². The molecule has 1 aromatic heterocycles. The van der Waals surface area contributed by atoms with Gasteiger partial charge in [-0.3, -0.25) is 4.57 Å². The van der Waals surface area contributed by atoms with Crippen molar-refractivity contribution in [1.29, 1.82) is 5.26 Å². The van der Waals surface area contributed by atoms with Crippen LogP contribution in [0.25, 0.3) is 23.2 Å². The van der Waals surface area contributed by atoms with E-state index < -0.39 is 0 Å². The van der Waals surface area contributed by atoms with Crippen molar-refractivity contribution in [3.05, 3.63) is 77.9 Å². The third-order valence-corrected chi connectivity index (χ3v) is 3.92. The summed E-state index contributed by atoms with van der Waals surface area (Å²) >= 11 is 0. The highest BCUT2D eigenvalue weighted by Crippen LogP contribution is 2.31. The molecule has 3 rings (SSSR count). The average molecular weight is 331 g/mol. The molecule has 2 aromatic carbocycles. The first-order chi connectivity index (χ1) is 12.1. The monoisotopic (exact) mass is 331 g/mol. The minimum atomic E-state index is -0.289. The summed E-state index contributed by atoms with van der Waals surface area (Å²) in [7, 11) is 0. The molecule has 0 saturated carbocycles. The van der Waals surface area contributed by atoms with Gasteiger partial charge >= 0.3 is 0 Å². The maximum atomic E-state index is 13.4. The van der Waals surface area contributed by atoms with Crippen molar-refractivity contribution in [3.63, 3.8) is 0 Å². The number of benzene rings is 2. The van der Waals surface area contributed by atoms with Crippen LogP contribution in [0, 0.1) is 17.1 Å². The van der Waals surface area contributed by atoms with Crippen LogP contribution in [0.4, 0.5) is 4.39 Å². The molecule has 0 saturated heterocycles. The van der Waals surface area contributed by atoms with Gasteiger partial charge in [0, 0.05) is 17.3 Å². The van der Waals surface area contributed by atoms with Crippen molar-refractivity contribution in [2.45, 2.75) is 19.8 Å². The highest BCUT2D eigenvalue weighted by atomic mass is 19.1. The zero-order chi connectivity index (χ0) is 17.8. The van der Waals surface area contributed by atoms with Crippen LogP contribution in [0.1, 0.15) is 31.2 Å². The molecule has 1 heterocycles. The predicted octanol–water partition coefficient (Wildman–Crippen LogP) is 5.34. The van der Waals surface area contributed by atoms with Crippen LogP contribution in [0.15, 0.2) is 60.7 Å². The lowest BCUT2D eigenvalue weighted by molar-refractivity contribution is 0.627. The lowest BCUT2D eigenvalue weighted by Gasteiger charge is -2.11. The van der Waals surface area contributed by atoms with Crippen LogP contribution >= 0.6 is 0 Å². The lowest BCUT2D eigenvalue weighted by Crippen LogP contribution is -2.01. The van der Waals surface area contributed by atoms with E-state index in [-0.39, 0.29) is 11.7 Å². The average Bonchev–Trinajstić information content (AvgIpc) is 3.01. The Morgan fingerprint density at radius 2 is 1.76 bits per heavy atom. The van der Waals surface area contributed by atoms with E-state index in [0.717, 1.165) is 28.5 Å². The number of halogens is 1. The Hall–Kier alpha value is -3.19. The Morgan fingerprint density at radius 3 is 2.36 bits per heavy atom. The van der Waals surface area contributed by atoms with Crippen molar-refractivity contribution in [3.8, 4) is 23.1 Å². The third-order valence-electron chi connectivity index (χ3n) is 3.92. The number of imidazole rings is 1.